The molecule has 1 saturated heterocycles. The van der Waals surface area contributed by atoms with E-state index in [0.29, 0.717) is 13.0 Å². The summed E-state index contributed by atoms with van der Waals surface area (Å²) in [5.74, 6) is -0.234. The summed E-state index contributed by atoms with van der Waals surface area (Å²) in [7, 11) is 0. The van der Waals surface area contributed by atoms with Gasteiger partial charge in [-0.1, -0.05) is 6.08 Å². The van der Waals surface area contributed by atoms with Crippen LogP contribution in [-0.2, 0) is 14.4 Å². The minimum absolute atomic E-state index is 0.123. The lowest BCUT2D eigenvalue weighted by Crippen LogP contribution is -2.37. The SMILES string of the molecule is C=CCC(=O)ON1CCCC(=O)C1. The van der Waals surface area contributed by atoms with Crippen LogP contribution in [0.4, 0.5) is 0 Å². The number of ketones is 1. The molecule has 1 aliphatic heterocycles. The molecule has 0 saturated carbocycles. The Balaban J connectivity index is 2.31. The second-order valence-electron chi connectivity index (χ2n) is 2.96. The van der Waals surface area contributed by atoms with Crippen LogP contribution in [0.15, 0.2) is 12.7 Å². The fraction of sp³-hybridized carbons (Fsp3) is 0.556. The van der Waals surface area contributed by atoms with Crippen LogP contribution in [0, 0.1) is 0 Å². The molecule has 0 spiro atoms. The van der Waals surface area contributed by atoms with E-state index in [0.717, 1.165) is 6.42 Å². The quantitative estimate of drug-likeness (QED) is 0.604. The van der Waals surface area contributed by atoms with Crippen molar-refractivity contribution < 1.29 is 14.4 Å². The maximum Gasteiger partial charge on any atom is 0.328 e. The molecule has 1 rings (SSSR count). The summed E-state index contributed by atoms with van der Waals surface area (Å²) in [6.45, 7) is 4.29. The van der Waals surface area contributed by atoms with Crippen LogP contribution < -0.4 is 0 Å². The average molecular weight is 183 g/mol. The van der Waals surface area contributed by atoms with Crippen LogP contribution in [0.1, 0.15) is 19.3 Å². The molecular weight excluding hydrogens is 170 g/mol. The molecule has 1 fully saturated rings. The Morgan fingerprint density at radius 2 is 2.46 bits per heavy atom. The third-order valence-corrected chi connectivity index (χ3v) is 1.76. The zero-order valence-electron chi connectivity index (χ0n) is 7.49. The van der Waals surface area contributed by atoms with E-state index in [2.05, 4.69) is 6.58 Å². The topological polar surface area (TPSA) is 46.6 Å². The Kier molecular flexibility index (Phi) is 3.64. The second-order valence-corrected chi connectivity index (χ2v) is 2.96. The molecule has 0 amide bonds. The van der Waals surface area contributed by atoms with Gasteiger partial charge in [-0.2, -0.15) is 0 Å². The number of rotatable bonds is 3. The third-order valence-electron chi connectivity index (χ3n) is 1.76. The Morgan fingerprint density at radius 1 is 1.69 bits per heavy atom. The van der Waals surface area contributed by atoms with Crippen molar-refractivity contribution in [1.82, 2.24) is 5.06 Å². The number of hydrogen-bond donors (Lipinski definition) is 0. The summed E-state index contributed by atoms with van der Waals surface area (Å²) in [6, 6.07) is 0. The first-order valence-corrected chi connectivity index (χ1v) is 4.30. The molecule has 0 aromatic rings. The molecule has 4 heteroatoms. The summed E-state index contributed by atoms with van der Waals surface area (Å²) in [4.78, 5) is 26.8. The van der Waals surface area contributed by atoms with Gasteiger partial charge in [-0.25, -0.2) is 0 Å². The second kappa shape index (κ2) is 4.77. The fourth-order valence-corrected chi connectivity index (χ4v) is 1.18. The maximum absolute atomic E-state index is 11.0. The molecule has 0 aliphatic carbocycles. The van der Waals surface area contributed by atoms with Crippen molar-refractivity contribution in [2.75, 3.05) is 13.1 Å². The molecule has 0 aromatic heterocycles. The Labute approximate surface area is 77.1 Å². The van der Waals surface area contributed by atoms with Gasteiger partial charge < -0.3 is 4.84 Å². The lowest BCUT2D eigenvalue weighted by Gasteiger charge is -2.23. The lowest BCUT2D eigenvalue weighted by atomic mass is 10.1. The molecular formula is C9H13NO3. The molecule has 1 aliphatic rings. The van der Waals surface area contributed by atoms with Crippen molar-refractivity contribution in [3.63, 3.8) is 0 Å². The van der Waals surface area contributed by atoms with Gasteiger partial charge in [0.25, 0.3) is 0 Å². The van der Waals surface area contributed by atoms with E-state index in [4.69, 9.17) is 4.84 Å². The first kappa shape index (κ1) is 9.92. The fourth-order valence-electron chi connectivity index (χ4n) is 1.18. The van der Waals surface area contributed by atoms with E-state index >= 15 is 0 Å². The zero-order chi connectivity index (χ0) is 9.68. The smallest absolute Gasteiger partial charge is 0.328 e. The van der Waals surface area contributed by atoms with Gasteiger partial charge in [-0.3, -0.25) is 9.59 Å². The molecule has 13 heavy (non-hydrogen) atoms. The largest absolute Gasteiger partial charge is 0.367 e. The van der Waals surface area contributed by atoms with Crippen LogP contribution >= 0.6 is 0 Å². The molecule has 0 atom stereocenters. The van der Waals surface area contributed by atoms with Gasteiger partial charge >= 0.3 is 5.97 Å². The van der Waals surface area contributed by atoms with E-state index in [-0.39, 0.29) is 24.7 Å². The molecule has 0 radical (unpaired) electrons. The molecule has 0 unspecified atom stereocenters. The minimum Gasteiger partial charge on any atom is -0.367 e. The molecule has 1 heterocycles. The van der Waals surface area contributed by atoms with E-state index < -0.39 is 0 Å². The van der Waals surface area contributed by atoms with E-state index in [1.165, 1.54) is 11.1 Å². The Bertz CT molecular complexity index is 225. The van der Waals surface area contributed by atoms with E-state index in [1.54, 1.807) is 0 Å². The number of carbonyl (C=O) groups is 2. The van der Waals surface area contributed by atoms with Crippen LogP contribution in [0.2, 0.25) is 0 Å². The zero-order valence-corrected chi connectivity index (χ0v) is 7.49. The first-order valence-electron chi connectivity index (χ1n) is 4.30. The Morgan fingerprint density at radius 3 is 3.08 bits per heavy atom. The van der Waals surface area contributed by atoms with Gasteiger partial charge in [0.1, 0.15) is 5.78 Å². The van der Waals surface area contributed by atoms with Gasteiger partial charge in [0, 0.05) is 13.0 Å². The predicted octanol–water partition coefficient (Wildman–Crippen LogP) is 0.686. The van der Waals surface area contributed by atoms with Crippen LogP contribution in [0.25, 0.3) is 0 Å². The van der Waals surface area contributed by atoms with E-state index in [1.807, 2.05) is 0 Å². The number of piperidine rings is 1. The minimum atomic E-state index is -0.357. The standard InChI is InChI=1S/C9H13NO3/c1-2-4-9(12)13-10-6-3-5-8(11)7-10/h2H,1,3-7H2. The van der Waals surface area contributed by atoms with Gasteiger partial charge in [0.2, 0.25) is 0 Å². The maximum atomic E-state index is 11.0. The van der Waals surface area contributed by atoms with Crippen LogP contribution in [-0.4, -0.2) is 29.9 Å². The Hall–Kier alpha value is -1.16. The average Bonchev–Trinajstić information content (AvgIpc) is 2.04. The number of carbonyl (C=O) groups excluding carboxylic acids is 2. The lowest BCUT2D eigenvalue weighted by molar-refractivity contribution is -0.193. The van der Waals surface area contributed by atoms with Crippen molar-refractivity contribution >= 4 is 11.8 Å². The van der Waals surface area contributed by atoms with Crippen molar-refractivity contribution in [1.29, 1.82) is 0 Å². The number of hydrogen-bond acceptors (Lipinski definition) is 4. The van der Waals surface area contributed by atoms with Crippen molar-refractivity contribution in [2.45, 2.75) is 19.3 Å². The summed E-state index contributed by atoms with van der Waals surface area (Å²) >= 11 is 0. The number of hydroxylamine groups is 2. The van der Waals surface area contributed by atoms with Crippen LogP contribution in [0.5, 0.6) is 0 Å². The summed E-state index contributed by atoms with van der Waals surface area (Å²) < 4.78 is 0. The van der Waals surface area contributed by atoms with Crippen molar-refractivity contribution in [3.05, 3.63) is 12.7 Å². The normalized spacial score (nSPS) is 18.3. The number of Topliss-reactive ketones (excluding diaryl/α,β-unsaturated/α-hetero) is 1. The highest BCUT2D eigenvalue weighted by molar-refractivity contribution is 5.81. The predicted molar refractivity (Wildman–Crippen MR) is 46.7 cm³/mol. The third kappa shape index (κ3) is 3.38. The van der Waals surface area contributed by atoms with Gasteiger partial charge in [0.05, 0.1) is 13.0 Å². The summed E-state index contributed by atoms with van der Waals surface area (Å²) in [5, 5.41) is 1.41. The van der Waals surface area contributed by atoms with Gasteiger partial charge in [-0.15, -0.1) is 11.6 Å². The number of nitrogens with zero attached hydrogens (tertiary/aromatic N) is 1. The molecule has 72 valence electrons. The van der Waals surface area contributed by atoms with Crippen molar-refractivity contribution in [2.24, 2.45) is 0 Å². The molecule has 4 nitrogen and oxygen atoms in total. The summed E-state index contributed by atoms with van der Waals surface area (Å²) in [6.07, 6.45) is 3.02. The molecule has 0 aromatic carbocycles. The molecule has 0 bridgehead atoms. The highest BCUT2D eigenvalue weighted by Gasteiger charge is 2.19. The van der Waals surface area contributed by atoms with Crippen molar-refractivity contribution in [3.8, 4) is 0 Å². The highest BCUT2D eigenvalue weighted by Crippen LogP contribution is 2.06. The van der Waals surface area contributed by atoms with Gasteiger partial charge in [-0.05, 0) is 6.42 Å². The van der Waals surface area contributed by atoms with E-state index in [9.17, 15) is 9.59 Å². The monoisotopic (exact) mass is 183 g/mol. The summed E-state index contributed by atoms with van der Waals surface area (Å²) in [5.41, 5.74) is 0. The molecule has 0 N–H and O–H groups in total. The van der Waals surface area contributed by atoms with Gasteiger partial charge in [0.15, 0.2) is 0 Å². The highest BCUT2D eigenvalue weighted by atomic mass is 16.7. The van der Waals surface area contributed by atoms with Crippen LogP contribution in [0.3, 0.4) is 0 Å². The first-order chi connectivity index (χ1) is 6.22.